The van der Waals surface area contributed by atoms with Crippen LogP contribution in [0, 0.1) is 5.92 Å². The Labute approximate surface area is 299 Å². The first kappa shape index (κ1) is 39.0. The number of piperidine rings is 1. The van der Waals surface area contributed by atoms with Gasteiger partial charge < -0.3 is 19.5 Å². The van der Waals surface area contributed by atoms with Gasteiger partial charge in [-0.05, 0) is 104 Å². The van der Waals surface area contributed by atoms with Gasteiger partial charge in [0.2, 0.25) is 0 Å². The van der Waals surface area contributed by atoms with E-state index in [-0.39, 0.29) is 0 Å². The second kappa shape index (κ2) is 17.9. The number of carbonyl (C=O) groups excluding carboxylic acids is 2. The van der Waals surface area contributed by atoms with Crippen LogP contribution in [-0.4, -0.2) is 79.2 Å². The number of nitrogens with zero attached hydrogens (tertiary/aromatic N) is 5. The molecule has 0 saturated carbocycles. The van der Waals surface area contributed by atoms with Crippen molar-refractivity contribution in [1.29, 1.82) is 0 Å². The van der Waals surface area contributed by atoms with Crippen LogP contribution in [0.2, 0.25) is 0 Å². The zero-order valence-electron chi connectivity index (χ0n) is 31.1. The van der Waals surface area contributed by atoms with Gasteiger partial charge in [-0.2, -0.15) is 5.10 Å². The number of carbonyl (C=O) groups is 2. The smallest absolute Gasteiger partial charge is 0.419 e. The molecule has 0 unspecified atom stereocenters. The second-order valence-corrected chi connectivity index (χ2v) is 15.6. The number of benzene rings is 2. The van der Waals surface area contributed by atoms with Crippen molar-refractivity contribution in [3.63, 3.8) is 0 Å². The maximum Gasteiger partial charge on any atom is 0.419 e. The van der Waals surface area contributed by atoms with Crippen LogP contribution in [0.5, 0.6) is 0 Å². The highest BCUT2D eigenvalue weighted by molar-refractivity contribution is 5.88. The summed E-state index contributed by atoms with van der Waals surface area (Å²) < 4.78 is 12.8. The quantitative estimate of drug-likeness (QED) is 0.159. The number of aromatic nitrogens is 3. The summed E-state index contributed by atoms with van der Waals surface area (Å²) in [5.41, 5.74) is -1.28. The van der Waals surface area contributed by atoms with E-state index in [1.54, 1.807) is 47.9 Å². The van der Waals surface area contributed by atoms with E-state index in [2.05, 4.69) is 9.88 Å². The van der Waals surface area contributed by atoms with Crippen LogP contribution >= 0.6 is 0 Å². The summed E-state index contributed by atoms with van der Waals surface area (Å²) in [5.74, 6) is 0.930. The van der Waals surface area contributed by atoms with Crippen molar-refractivity contribution in [3.8, 4) is 0 Å². The number of amides is 2. The van der Waals surface area contributed by atoms with Crippen molar-refractivity contribution in [3.05, 3.63) is 83.9 Å². The van der Waals surface area contributed by atoms with Crippen molar-refractivity contribution in [2.24, 2.45) is 5.92 Å². The molecule has 0 aliphatic carbocycles. The van der Waals surface area contributed by atoms with Gasteiger partial charge >= 0.3 is 12.2 Å². The lowest BCUT2D eigenvalue weighted by atomic mass is 9.86. The van der Waals surface area contributed by atoms with E-state index in [4.69, 9.17) is 14.6 Å². The molecular weight excluding hydrogens is 630 g/mol. The van der Waals surface area contributed by atoms with E-state index >= 15 is 0 Å². The maximum absolute atomic E-state index is 12.7. The number of unbranched alkanes of at least 4 members (excludes halogenated alkanes) is 6. The van der Waals surface area contributed by atoms with Crippen LogP contribution in [0.15, 0.2) is 67.0 Å². The molecule has 1 aromatic heterocycles. The molecule has 1 fully saturated rings. The Bertz CT molecular complexity index is 1390. The van der Waals surface area contributed by atoms with Gasteiger partial charge in [-0.25, -0.2) is 19.5 Å². The Morgan fingerprint density at radius 3 is 1.74 bits per heavy atom. The fraction of sp³-hybridized carbons (Fsp3) is 0.600. The van der Waals surface area contributed by atoms with Crippen LogP contribution in [0.25, 0.3) is 0 Å². The first-order chi connectivity index (χ1) is 23.7. The summed E-state index contributed by atoms with van der Waals surface area (Å²) in [7, 11) is 0. The molecular formula is C40H59N5O5. The average Bonchev–Trinajstić information content (AvgIpc) is 3.54. The van der Waals surface area contributed by atoms with E-state index in [0.717, 1.165) is 80.7 Å². The molecule has 1 N–H and O–H groups in total. The molecule has 2 heterocycles. The van der Waals surface area contributed by atoms with Gasteiger partial charge in [0, 0.05) is 13.1 Å². The van der Waals surface area contributed by atoms with E-state index in [0.29, 0.717) is 18.3 Å². The summed E-state index contributed by atoms with van der Waals surface area (Å²) >= 11 is 0. The Hall–Kier alpha value is -3.76. The highest BCUT2D eigenvalue weighted by atomic mass is 16.6. The number of aliphatic hydroxyl groups is 1. The van der Waals surface area contributed by atoms with Gasteiger partial charge in [-0.15, -0.1) is 0 Å². The number of hydrogen-bond donors (Lipinski definition) is 1. The minimum Gasteiger partial charge on any atom is -0.443 e. The third-order valence-corrected chi connectivity index (χ3v) is 8.98. The molecule has 2 amide bonds. The summed E-state index contributed by atoms with van der Waals surface area (Å²) in [6.07, 6.45) is 10.2. The normalized spacial score (nSPS) is 14.8. The van der Waals surface area contributed by atoms with Gasteiger partial charge in [0.1, 0.15) is 17.5 Å². The summed E-state index contributed by atoms with van der Waals surface area (Å²) in [6, 6.07) is 19.3. The molecule has 0 atom stereocenters. The molecule has 0 radical (unpaired) electrons. The Kier molecular flexibility index (Phi) is 14.0. The van der Waals surface area contributed by atoms with E-state index in [9.17, 15) is 14.7 Å². The maximum atomic E-state index is 12.7. The van der Waals surface area contributed by atoms with Crippen molar-refractivity contribution in [2.45, 2.75) is 123 Å². The summed E-state index contributed by atoms with van der Waals surface area (Å²) in [4.78, 5) is 33.6. The van der Waals surface area contributed by atoms with E-state index in [1.807, 2.05) is 65.3 Å². The van der Waals surface area contributed by atoms with Crippen molar-refractivity contribution in [2.75, 3.05) is 26.2 Å². The lowest BCUT2D eigenvalue weighted by Crippen LogP contribution is -2.44. The lowest BCUT2D eigenvalue weighted by molar-refractivity contribution is 0.00117. The van der Waals surface area contributed by atoms with Gasteiger partial charge in [0.15, 0.2) is 11.4 Å². The second-order valence-electron chi connectivity index (χ2n) is 15.6. The third-order valence-electron chi connectivity index (χ3n) is 8.98. The highest BCUT2D eigenvalue weighted by Gasteiger charge is 2.38. The number of hydrogen-bond acceptors (Lipinski definition) is 8. The fourth-order valence-electron chi connectivity index (χ4n) is 6.37. The fourth-order valence-corrected chi connectivity index (χ4v) is 6.37. The molecule has 50 heavy (non-hydrogen) atoms. The SMILES string of the molecule is CC(C)(C)OC(=O)N(CCCCCCCCCN1CCC(Cn2cnc(C(O)(c3ccccc3)c3ccccc3)n2)CC1)C(=O)OC(C)(C)C. The first-order valence-electron chi connectivity index (χ1n) is 18.4. The van der Waals surface area contributed by atoms with Gasteiger partial charge in [0.25, 0.3) is 0 Å². The zero-order valence-corrected chi connectivity index (χ0v) is 31.1. The molecule has 4 rings (SSSR count). The minimum absolute atomic E-state index is 0.293. The highest BCUT2D eigenvalue weighted by Crippen LogP contribution is 2.34. The largest absolute Gasteiger partial charge is 0.443 e. The van der Waals surface area contributed by atoms with Crippen molar-refractivity contribution >= 4 is 12.2 Å². The Morgan fingerprint density at radius 1 is 0.760 bits per heavy atom. The van der Waals surface area contributed by atoms with Crippen LogP contribution in [-0.2, 0) is 21.6 Å². The number of imide groups is 1. The number of likely N-dealkylation sites (tertiary alicyclic amines) is 1. The monoisotopic (exact) mass is 689 g/mol. The average molecular weight is 690 g/mol. The van der Waals surface area contributed by atoms with E-state index < -0.39 is 29.0 Å². The molecule has 10 heteroatoms. The van der Waals surface area contributed by atoms with Crippen molar-refractivity contribution in [1.82, 2.24) is 24.6 Å². The minimum atomic E-state index is -1.41. The standard InChI is InChI=1S/C40H59N5O5/c1-38(2,3)49-36(46)45(37(47)50-39(4,5)6)27-19-11-9-7-8-10-18-26-43-28-24-32(25-29-43)30-44-31-41-35(42-44)40(48,33-20-14-12-15-21-33)34-22-16-13-17-23-34/h12-17,20-23,31-32,48H,7-11,18-19,24-30H2,1-6H3. The first-order valence-corrected chi connectivity index (χ1v) is 18.4. The summed E-state index contributed by atoms with van der Waals surface area (Å²) in [5, 5.41) is 16.8. The van der Waals surface area contributed by atoms with Crippen LogP contribution in [0.4, 0.5) is 9.59 Å². The molecule has 1 aliphatic heterocycles. The molecule has 0 bridgehead atoms. The predicted octanol–water partition coefficient (Wildman–Crippen LogP) is 8.18. The molecule has 3 aromatic rings. The topological polar surface area (TPSA) is 110 Å². The Balaban J connectivity index is 1.12. The molecule has 1 saturated heterocycles. The predicted molar refractivity (Wildman–Crippen MR) is 196 cm³/mol. The van der Waals surface area contributed by atoms with Gasteiger partial charge in [-0.3, -0.25) is 4.68 Å². The molecule has 10 nitrogen and oxygen atoms in total. The molecule has 0 spiro atoms. The van der Waals surface area contributed by atoms with Crippen LogP contribution in [0.3, 0.4) is 0 Å². The van der Waals surface area contributed by atoms with Crippen molar-refractivity contribution < 1.29 is 24.2 Å². The van der Waals surface area contributed by atoms with E-state index in [1.165, 1.54) is 19.3 Å². The number of ether oxygens (including phenoxy) is 2. The summed E-state index contributed by atoms with van der Waals surface area (Å²) in [6.45, 7) is 15.1. The lowest BCUT2D eigenvalue weighted by Gasteiger charge is -2.31. The van der Waals surface area contributed by atoms with Gasteiger partial charge in [-0.1, -0.05) is 92.8 Å². The number of rotatable bonds is 15. The van der Waals surface area contributed by atoms with Gasteiger partial charge in [0.05, 0.1) is 0 Å². The van der Waals surface area contributed by atoms with Crippen LogP contribution < -0.4 is 0 Å². The Morgan fingerprint density at radius 2 is 1.24 bits per heavy atom. The zero-order chi connectivity index (χ0) is 36.2. The third kappa shape index (κ3) is 11.9. The molecule has 2 aromatic carbocycles. The molecule has 274 valence electrons. The molecule has 1 aliphatic rings. The van der Waals surface area contributed by atoms with Crippen LogP contribution in [0.1, 0.15) is 116 Å².